The summed E-state index contributed by atoms with van der Waals surface area (Å²) in [5.41, 5.74) is 2.67. The van der Waals surface area contributed by atoms with Crippen molar-refractivity contribution in [3.05, 3.63) is 59.8 Å². The molecule has 110 valence electrons. The fourth-order valence-corrected chi connectivity index (χ4v) is 3.22. The van der Waals surface area contributed by atoms with Gasteiger partial charge in [-0.15, -0.1) is 0 Å². The van der Waals surface area contributed by atoms with Gasteiger partial charge in [0.05, 0.1) is 0 Å². The second kappa shape index (κ2) is 7.05. The highest BCUT2D eigenvalue weighted by molar-refractivity contribution is 9.08. The number of hydrogen-bond donors (Lipinski definition) is 0. The van der Waals surface area contributed by atoms with Crippen molar-refractivity contribution in [2.75, 3.05) is 31.1 Å². The molecule has 4 heteroatoms. The molecule has 2 heterocycles. The topological polar surface area (TPSA) is 19.4 Å². The van der Waals surface area contributed by atoms with Gasteiger partial charge in [-0.05, 0) is 11.6 Å². The number of piperazine rings is 1. The molecule has 1 saturated heterocycles. The van der Waals surface area contributed by atoms with Crippen LogP contribution >= 0.6 is 15.9 Å². The second-order valence-corrected chi connectivity index (χ2v) is 5.93. The van der Waals surface area contributed by atoms with Crippen molar-refractivity contribution in [1.82, 2.24) is 9.88 Å². The Morgan fingerprint density at radius 1 is 0.952 bits per heavy atom. The average molecular weight is 346 g/mol. The van der Waals surface area contributed by atoms with Gasteiger partial charge in [0.25, 0.3) is 0 Å². The molecule has 0 aliphatic carbocycles. The number of nitrogens with zero attached hydrogens (tertiary/aromatic N) is 3. The van der Waals surface area contributed by atoms with Crippen LogP contribution in [0.1, 0.15) is 11.1 Å². The maximum absolute atomic E-state index is 4.56. The molecule has 0 bridgehead atoms. The average Bonchev–Trinajstić information content (AvgIpc) is 2.56. The Morgan fingerprint density at radius 2 is 1.71 bits per heavy atom. The van der Waals surface area contributed by atoms with Gasteiger partial charge in [-0.3, -0.25) is 4.90 Å². The van der Waals surface area contributed by atoms with Gasteiger partial charge in [-0.1, -0.05) is 52.3 Å². The summed E-state index contributed by atoms with van der Waals surface area (Å²) in [5, 5.41) is 0.862. The number of pyridine rings is 1. The first-order valence-electron chi connectivity index (χ1n) is 7.38. The van der Waals surface area contributed by atoms with Gasteiger partial charge < -0.3 is 4.90 Å². The molecule has 3 nitrogen and oxygen atoms in total. The first-order chi connectivity index (χ1) is 10.4. The zero-order chi connectivity index (χ0) is 14.5. The SMILES string of the molecule is BrCc1cccnc1N1CCN(Cc2ccccc2)CC1. The number of anilines is 1. The van der Waals surface area contributed by atoms with Crippen LogP contribution in [0.5, 0.6) is 0 Å². The maximum Gasteiger partial charge on any atom is 0.132 e. The maximum atomic E-state index is 4.56. The number of alkyl halides is 1. The first kappa shape index (κ1) is 14.5. The molecule has 1 aromatic carbocycles. The molecule has 2 aromatic rings. The lowest BCUT2D eigenvalue weighted by Crippen LogP contribution is -2.46. The molecule has 1 aromatic heterocycles. The fraction of sp³-hybridized carbons (Fsp3) is 0.353. The van der Waals surface area contributed by atoms with Gasteiger partial charge in [0.1, 0.15) is 5.82 Å². The van der Waals surface area contributed by atoms with E-state index in [0.717, 1.165) is 43.9 Å². The summed E-state index contributed by atoms with van der Waals surface area (Å²) in [6, 6.07) is 14.9. The molecule has 0 spiro atoms. The summed E-state index contributed by atoms with van der Waals surface area (Å²) in [4.78, 5) is 9.48. The van der Waals surface area contributed by atoms with Crippen LogP contribution in [-0.4, -0.2) is 36.1 Å². The van der Waals surface area contributed by atoms with E-state index in [-0.39, 0.29) is 0 Å². The first-order valence-corrected chi connectivity index (χ1v) is 8.50. The fourth-order valence-electron chi connectivity index (χ4n) is 2.78. The quantitative estimate of drug-likeness (QED) is 0.792. The lowest BCUT2D eigenvalue weighted by Gasteiger charge is -2.36. The van der Waals surface area contributed by atoms with E-state index in [4.69, 9.17) is 0 Å². The van der Waals surface area contributed by atoms with E-state index in [0.29, 0.717) is 0 Å². The molecule has 0 atom stereocenters. The minimum atomic E-state index is 0.862. The molecular weight excluding hydrogens is 326 g/mol. The molecule has 21 heavy (non-hydrogen) atoms. The summed E-state index contributed by atoms with van der Waals surface area (Å²) in [5.74, 6) is 1.13. The van der Waals surface area contributed by atoms with E-state index < -0.39 is 0 Å². The molecule has 3 rings (SSSR count). The van der Waals surface area contributed by atoms with E-state index in [2.05, 4.69) is 67.1 Å². The lowest BCUT2D eigenvalue weighted by molar-refractivity contribution is 0.249. The Kier molecular flexibility index (Phi) is 4.88. The number of aromatic nitrogens is 1. The van der Waals surface area contributed by atoms with Gasteiger partial charge >= 0.3 is 0 Å². The lowest BCUT2D eigenvalue weighted by atomic mass is 10.2. The highest BCUT2D eigenvalue weighted by Gasteiger charge is 2.19. The Bertz CT molecular complexity index is 565. The normalized spacial score (nSPS) is 16.1. The highest BCUT2D eigenvalue weighted by Crippen LogP contribution is 2.21. The Balaban J connectivity index is 1.60. The third-order valence-electron chi connectivity index (χ3n) is 3.93. The van der Waals surface area contributed by atoms with E-state index in [1.165, 1.54) is 11.1 Å². The molecule has 0 radical (unpaired) electrons. The van der Waals surface area contributed by atoms with Gasteiger partial charge in [0, 0.05) is 49.8 Å². The van der Waals surface area contributed by atoms with Crippen molar-refractivity contribution in [2.45, 2.75) is 11.9 Å². The van der Waals surface area contributed by atoms with Gasteiger partial charge in [0.15, 0.2) is 0 Å². The molecule has 0 unspecified atom stereocenters. The van der Waals surface area contributed by atoms with Crippen LogP contribution in [0.3, 0.4) is 0 Å². The summed E-state index contributed by atoms with van der Waals surface area (Å²) >= 11 is 3.55. The summed E-state index contributed by atoms with van der Waals surface area (Å²) in [7, 11) is 0. The standard InChI is InChI=1S/C17H20BrN3/c18-13-16-7-4-8-19-17(16)21-11-9-20(10-12-21)14-15-5-2-1-3-6-15/h1-8H,9-14H2. The second-order valence-electron chi connectivity index (χ2n) is 5.37. The summed E-state index contributed by atoms with van der Waals surface area (Å²) < 4.78 is 0. The van der Waals surface area contributed by atoms with Crippen molar-refractivity contribution < 1.29 is 0 Å². The van der Waals surface area contributed by atoms with E-state index in [1.54, 1.807) is 0 Å². The van der Waals surface area contributed by atoms with Crippen LogP contribution in [-0.2, 0) is 11.9 Å². The highest BCUT2D eigenvalue weighted by atomic mass is 79.9. The summed E-state index contributed by atoms with van der Waals surface area (Å²) in [6.07, 6.45) is 1.89. The van der Waals surface area contributed by atoms with Crippen molar-refractivity contribution in [3.63, 3.8) is 0 Å². The number of hydrogen-bond acceptors (Lipinski definition) is 3. The van der Waals surface area contributed by atoms with Crippen LogP contribution in [0.25, 0.3) is 0 Å². The largest absolute Gasteiger partial charge is 0.354 e. The van der Waals surface area contributed by atoms with Crippen LogP contribution in [0, 0.1) is 0 Å². The van der Waals surface area contributed by atoms with Crippen LogP contribution in [0.4, 0.5) is 5.82 Å². The minimum absolute atomic E-state index is 0.862. The van der Waals surface area contributed by atoms with Crippen molar-refractivity contribution in [1.29, 1.82) is 0 Å². The minimum Gasteiger partial charge on any atom is -0.354 e. The van der Waals surface area contributed by atoms with Crippen molar-refractivity contribution in [3.8, 4) is 0 Å². The molecule has 1 fully saturated rings. The van der Waals surface area contributed by atoms with Crippen molar-refractivity contribution in [2.24, 2.45) is 0 Å². The zero-order valence-corrected chi connectivity index (χ0v) is 13.7. The Hall–Kier alpha value is -1.39. The third kappa shape index (κ3) is 3.63. The molecular formula is C17H20BrN3. The monoisotopic (exact) mass is 345 g/mol. The zero-order valence-electron chi connectivity index (χ0n) is 12.1. The molecule has 1 aliphatic heterocycles. The van der Waals surface area contributed by atoms with E-state index in [9.17, 15) is 0 Å². The Morgan fingerprint density at radius 3 is 2.43 bits per heavy atom. The van der Waals surface area contributed by atoms with Crippen LogP contribution in [0.15, 0.2) is 48.7 Å². The predicted molar refractivity (Wildman–Crippen MR) is 90.8 cm³/mol. The molecule has 0 amide bonds. The van der Waals surface area contributed by atoms with Gasteiger partial charge in [0.2, 0.25) is 0 Å². The number of benzene rings is 1. The van der Waals surface area contributed by atoms with Crippen LogP contribution in [0.2, 0.25) is 0 Å². The van der Waals surface area contributed by atoms with Gasteiger partial charge in [-0.25, -0.2) is 4.98 Å². The molecule has 0 saturated carbocycles. The van der Waals surface area contributed by atoms with Gasteiger partial charge in [-0.2, -0.15) is 0 Å². The van der Waals surface area contributed by atoms with E-state index in [1.807, 2.05) is 12.3 Å². The molecule has 1 aliphatic rings. The predicted octanol–water partition coefficient (Wildman–Crippen LogP) is 3.30. The number of rotatable bonds is 4. The molecule has 0 N–H and O–H groups in total. The third-order valence-corrected chi connectivity index (χ3v) is 4.54. The van der Waals surface area contributed by atoms with E-state index >= 15 is 0 Å². The summed E-state index contributed by atoms with van der Waals surface area (Å²) in [6.45, 7) is 5.32. The van der Waals surface area contributed by atoms with Crippen LogP contribution < -0.4 is 4.90 Å². The Labute approximate surface area is 134 Å². The number of halogens is 1. The smallest absolute Gasteiger partial charge is 0.132 e. The van der Waals surface area contributed by atoms with Crippen molar-refractivity contribution >= 4 is 21.7 Å².